The average molecular weight is 429 g/mol. The minimum absolute atomic E-state index is 0.221. The van der Waals surface area contributed by atoms with Gasteiger partial charge in [0.05, 0.1) is 11.5 Å². The Bertz CT molecular complexity index is 799. The maximum absolute atomic E-state index is 12.8. The molecule has 2 heterocycles. The number of nitrogens with zero attached hydrogens (tertiary/aromatic N) is 4. The van der Waals surface area contributed by atoms with E-state index in [1.54, 1.807) is 42.0 Å². The van der Waals surface area contributed by atoms with Gasteiger partial charge in [0.25, 0.3) is 0 Å². The molecule has 0 radical (unpaired) electrons. The normalized spacial score (nSPS) is 17.0. The average Bonchev–Trinajstić information content (AvgIpc) is 3.09. The second-order valence-corrected chi connectivity index (χ2v) is 8.84. The molecule has 1 aromatic carbocycles. The summed E-state index contributed by atoms with van der Waals surface area (Å²) in [6.07, 6.45) is 3.92. The van der Waals surface area contributed by atoms with Crippen LogP contribution in [0.4, 0.5) is 0 Å². The van der Waals surface area contributed by atoms with E-state index < -0.39 is 10.0 Å². The molecule has 0 aliphatic carbocycles. The summed E-state index contributed by atoms with van der Waals surface area (Å²) in [5.74, 6) is 0.885. The van der Waals surface area contributed by atoms with Gasteiger partial charge in [-0.2, -0.15) is 4.31 Å². The molecule has 1 fully saturated rings. The minimum Gasteiger partial charge on any atom is -0.384 e. The number of methoxy groups -OCH3 is 1. The van der Waals surface area contributed by atoms with Crippen molar-refractivity contribution in [3.63, 3.8) is 0 Å². The molecule has 25 heavy (non-hydrogen) atoms. The van der Waals surface area contributed by atoms with Crippen molar-refractivity contribution in [2.24, 2.45) is 0 Å². The summed E-state index contributed by atoms with van der Waals surface area (Å²) >= 11 is 3.33. The number of rotatable bonds is 6. The van der Waals surface area contributed by atoms with E-state index in [9.17, 15) is 8.42 Å². The first kappa shape index (κ1) is 18.5. The van der Waals surface area contributed by atoms with E-state index >= 15 is 0 Å². The minimum atomic E-state index is -3.44. The van der Waals surface area contributed by atoms with E-state index in [2.05, 4.69) is 30.7 Å². The lowest BCUT2D eigenvalue weighted by molar-refractivity contribution is 0.197. The summed E-state index contributed by atoms with van der Waals surface area (Å²) in [5, 5.41) is 8.14. The summed E-state index contributed by atoms with van der Waals surface area (Å²) < 4.78 is 35.1. The molecule has 3 rings (SSSR count). The van der Waals surface area contributed by atoms with Crippen LogP contribution in [0.5, 0.6) is 0 Å². The van der Waals surface area contributed by atoms with E-state index in [1.165, 1.54) is 0 Å². The van der Waals surface area contributed by atoms with Crippen LogP contribution in [0, 0.1) is 0 Å². The second-order valence-electron chi connectivity index (χ2n) is 5.99. The SMILES string of the molecule is COCCc1nncn1C1CCN(S(=O)(=O)c2ccc(Br)cc2)CC1. The van der Waals surface area contributed by atoms with Crippen LogP contribution >= 0.6 is 15.9 Å². The molecule has 1 aromatic heterocycles. The highest BCUT2D eigenvalue weighted by atomic mass is 79.9. The number of aromatic nitrogens is 3. The van der Waals surface area contributed by atoms with E-state index in [0.717, 1.165) is 23.1 Å². The Labute approximate surface area is 156 Å². The predicted molar refractivity (Wildman–Crippen MR) is 96.8 cm³/mol. The lowest BCUT2D eigenvalue weighted by Crippen LogP contribution is -2.39. The zero-order valence-electron chi connectivity index (χ0n) is 14.0. The maximum Gasteiger partial charge on any atom is 0.243 e. The van der Waals surface area contributed by atoms with Gasteiger partial charge >= 0.3 is 0 Å². The number of hydrogen-bond acceptors (Lipinski definition) is 5. The molecule has 0 spiro atoms. The number of sulfonamides is 1. The van der Waals surface area contributed by atoms with Crippen molar-refractivity contribution < 1.29 is 13.2 Å². The summed E-state index contributed by atoms with van der Waals surface area (Å²) in [6.45, 7) is 1.57. The Morgan fingerprint density at radius 3 is 2.56 bits per heavy atom. The van der Waals surface area contributed by atoms with Crippen molar-refractivity contribution in [2.75, 3.05) is 26.8 Å². The van der Waals surface area contributed by atoms with Crippen molar-refractivity contribution in [3.8, 4) is 0 Å². The summed E-state index contributed by atoms with van der Waals surface area (Å²) in [4.78, 5) is 0.333. The first-order valence-electron chi connectivity index (χ1n) is 8.15. The van der Waals surface area contributed by atoms with E-state index in [4.69, 9.17) is 4.74 Å². The van der Waals surface area contributed by atoms with Gasteiger partial charge in [0.2, 0.25) is 10.0 Å². The van der Waals surface area contributed by atoms with Crippen LogP contribution in [-0.2, 0) is 21.2 Å². The maximum atomic E-state index is 12.8. The lowest BCUT2D eigenvalue weighted by atomic mass is 10.1. The van der Waals surface area contributed by atoms with Crippen LogP contribution in [0.3, 0.4) is 0 Å². The third-order valence-electron chi connectivity index (χ3n) is 4.45. The zero-order valence-corrected chi connectivity index (χ0v) is 16.4. The van der Waals surface area contributed by atoms with Crippen molar-refractivity contribution in [3.05, 3.63) is 40.9 Å². The van der Waals surface area contributed by atoms with Crippen LogP contribution < -0.4 is 0 Å². The van der Waals surface area contributed by atoms with Gasteiger partial charge in [-0.15, -0.1) is 10.2 Å². The van der Waals surface area contributed by atoms with Crippen molar-refractivity contribution in [1.82, 2.24) is 19.1 Å². The Morgan fingerprint density at radius 2 is 1.92 bits per heavy atom. The molecular formula is C16H21BrN4O3S. The molecule has 0 N–H and O–H groups in total. The van der Waals surface area contributed by atoms with Crippen molar-refractivity contribution in [2.45, 2.75) is 30.2 Å². The van der Waals surface area contributed by atoms with E-state index in [1.807, 2.05) is 0 Å². The molecule has 2 aromatic rings. The Hall–Kier alpha value is -1.29. The van der Waals surface area contributed by atoms with Gasteiger partial charge in [-0.1, -0.05) is 15.9 Å². The fourth-order valence-electron chi connectivity index (χ4n) is 3.06. The molecule has 0 amide bonds. The van der Waals surface area contributed by atoms with Crippen LogP contribution in [0.1, 0.15) is 24.7 Å². The zero-order chi connectivity index (χ0) is 17.9. The fraction of sp³-hybridized carbons (Fsp3) is 0.500. The van der Waals surface area contributed by atoms with Crippen LogP contribution in [0.15, 0.2) is 40.0 Å². The van der Waals surface area contributed by atoms with Gasteiger partial charge in [-0.05, 0) is 37.1 Å². The Morgan fingerprint density at radius 1 is 1.24 bits per heavy atom. The molecule has 9 heteroatoms. The molecule has 136 valence electrons. The van der Waals surface area contributed by atoms with Gasteiger partial charge < -0.3 is 9.30 Å². The Balaban J connectivity index is 1.67. The van der Waals surface area contributed by atoms with Crippen LogP contribution in [0.25, 0.3) is 0 Å². The number of hydrogen-bond donors (Lipinski definition) is 0. The fourth-order valence-corrected chi connectivity index (χ4v) is 4.79. The molecule has 0 unspecified atom stereocenters. The third-order valence-corrected chi connectivity index (χ3v) is 6.89. The molecule has 1 aliphatic rings. The smallest absolute Gasteiger partial charge is 0.243 e. The molecule has 1 saturated heterocycles. The number of ether oxygens (including phenoxy) is 1. The molecular weight excluding hydrogens is 408 g/mol. The highest BCUT2D eigenvalue weighted by molar-refractivity contribution is 9.10. The van der Waals surface area contributed by atoms with Crippen LogP contribution in [-0.4, -0.2) is 54.3 Å². The van der Waals surface area contributed by atoms with E-state index in [-0.39, 0.29) is 6.04 Å². The van der Waals surface area contributed by atoms with Gasteiger partial charge in [-0.3, -0.25) is 0 Å². The third kappa shape index (κ3) is 4.11. The highest BCUT2D eigenvalue weighted by Gasteiger charge is 2.30. The number of benzene rings is 1. The predicted octanol–water partition coefficient (Wildman–Crippen LogP) is 2.26. The summed E-state index contributed by atoms with van der Waals surface area (Å²) in [7, 11) is -1.78. The van der Waals surface area contributed by atoms with Crippen molar-refractivity contribution >= 4 is 26.0 Å². The number of halogens is 1. The lowest BCUT2D eigenvalue weighted by Gasteiger charge is -2.32. The quantitative estimate of drug-likeness (QED) is 0.704. The highest BCUT2D eigenvalue weighted by Crippen LogP contribution is 2.28. The van der Waals surface area contributed by atoms with Gasteiger partial charge in [-0.25, -0.2) is 8.42 Å². The summed E-state index contributed by atoms with van der Waals surface area (Å²) in [5.41, 5.74) is 0. The monoisotopic (exact) mass is 428 g/mol. The first-order chi connectivity index (χ1) is 12.0. The van der Waals surface area contributed by atoms with Crippen molar-refractivity contribution in [1.29, 1.82) is 0 Å². The first-order valence-corrected chi connectivity index (χ1v) is 10.4. The van der Waals surface area contributed by atoms with Gasteiger partial charge in [0.15, 0.2) is 0 Å². The Kier molecular flexibility index (Phi) is 5.88. The molecule has 0 bridgehead atoms. The number of piperidine rings is 1. The summed E-state index contributed by atoms with van der Waals surface area (Å²) in [6, 6.07) is 6.98. The standard InChI is InChI=1S/C16H21BrN4O3S/c1-24-11-8-16-19-18-12-21(16)14-6-9-20(10-7-14)25(22,23)15-4-2-13(17)3-5-15/h2-5,12,14H,6-11H2,1H3. The van der Waals surface area contributed by atoms with Gasteiger partial charge in [0, 0.05) is 37.1 Å². The van der Waals surface area contributed by atoms with E-state index in [0.29, 0.717) is 31.0 Å². The molecule has 7 nitrogen and oxygen atoms in total. The van der Waals surface area contributed by atoms with Gasteiger partial charge in [0.1, 0.15) is 12.2 Å². The topological polar surface area (TPSA) is 77.3 Å². The largest absolute Gasteiger partial charge is 0.384 e. The van der Waals surface area contributed by atoms with Crippen LogP contribution in [0.2, 0.25) is 0 Å². The molecule has 0 atom stereocenters. The molecule has 0 saturated carbocycles. The molecule has 1 aliphatic heterocycles. The second kappa shape index (κ2) is 7.94.